The van der Waals surface area contributed by atoms with E-state index in [4.69, 9.17) is 0 Å². The second-order valence-corrected chi connectivity index (χ2v) is 3.98. The molecule has 0 amide bonds. The predicted octanol–water partition coefficient (Wildman–Crippen LogP) is 2.26. The number of hydrogen-bond acceptors (Lipinski definition) is 1. The van der Waals surface area contributed by atoms with Crippen LogP contribution in [0.1, 0.15) is 23.6 Å². The van der Waals surface area contributed by atoms with Gasteiger partial charge in [-0.25, -0.2) is 0 Å². The molecule has 0 heterocycles. The van der Waals surface area contributed by atoms with Gasteiger partial charge in [0.1, 0.15) is 0 Å². The molecule has 0 saturated carbocycles. The van der Waals surface area contributed by atoms with Crippen molar-refractivity contribution in [2.75, 3.05) is 14.1 Å². The van der Waals surface area contributed by atoms with Gasteiger partial charge in [0.2, 0.25) is 0 Å². The molecule has 0 saturated heterocycles. The Labute approximate surface area is 85.3 Å². The first-order valence-electron chi connectivity index (χ1n) is 5.05. The summed E-state index contributed by atoms with van der Waals surface area (Å²) in [4.78, 5) is 6.55. The third-order valence-electron chi connectivity index (χ3n) is 2.58. The highest BCUT2D eigenvalue weighted by Crippen LogP contribution is 2.33. The molecule has 1 aliphatic rings. The Hall–Kier alpha value is -1.31. The first-order chi connectivity index (χ1) is 6.77. The lowest BCUT2D eigenvalue weighted by Gasteiger charge is -2.08. The normalized spacial score (nSPS) is 20.0. The molecular weight excluding hydrogens is 172 g/mol. The van der Waals surface area contributed by atoms with E-state index in [9.17, 15) is 0 Å². The van der Waals surface area contributed by atoms with Gasteiger partial charge >= 0.3 is 0 Å². The van der Waals surface area contributed by atoms with E-state index >= 15 is 0 Å². The van der Waals surface area contributed by atoms with Gasteiger partial charge in [-0.05, 0) is 24.0 Å². The SMILES string of the molecule is CN(C)C=NC1CCc2ccccc21. The first-order valence-corrected chi connectivity index (χ1v) is 5.05. The zero-order valence-corrected chi connectivity index (χ0v) is 8.77. The monoisotopic (exact) mass is 188 g/mol. The third kappa shape index (κ3) is 1.79. The van der Waals surface area contributed by atoms with E-state index in [0.717, 1.165) is 6.42 Å². The number of nitrogens with zero attached hydrogens (tertiary/aromatic N) is 2. The second kappa shape index (κ2) is 3.82. The van der Waals surface area contributed by atoms with Crippen LogP contribution in [0.4, 0.5) is 0 Å². The average Bonchev–Trinajstić information content (AvgIpc) is 2.58. The quantitative estimate of drug-likeness (QED) is 0.513. The highest BCUT2D eigenvalue weighted by molar-refractivity contribution is 5.55. The van der Waals surface area contributed by atoms with Crippen LogP contribution in [-0.2, 0) is 6.42 Å². The summed E-state index contributed by atoms with van der Waals surface area (Å²) < 4.78 is 0. The van der Waals surface area contributed by atoms with Crippen molar-refractivity contribution in [3.05, 3.63) is 35.4 Å². The minimum atomic E-state index is 0.383. The zero-order valence-electron chi connectivity index (χ0n) is 8.77. The van der Waals surface area contributed by atoms with E-state index in [1.54, 1.807) is 0 Å². The van der Waals surface area contributed by atoms with Crippen molar-refractivity contribution < 1.29 is 0 Å². The average molecular weight is 188 g/mol. The molecular formula is C12H16N2. The zero-order chi connectivity index (χ0) is 9.97. The largest absolute Gasteiger partial charge is 0.369 e. The van der Waals surface area contributed by atoms with Crippen LogP contribution >= 0.6 is 0 Å². The molecule has 1 aliphatic carbocycles. The molecule has 1 atom stereocenters. The van der Waals surface area contributed by atoms with Gasteiger partial charge < -0.3 is 4.90 Å². The summed E-state index contributed by atoms with van der Waals surface area (Å²) in [5.74, 6) is 0. The maximum Gasteiger partial charge on any atom is 0.0852 e. The summed E-state index contributed by atoms with van der Waals surface area (Å²) in [5, 5.41) is 0. The van der Waals surface area contributed by atoms with Crippen molar-refractivity contribution in [1.29, 1.82) is 0 Å². The van der Waals surface area contributed by atoms with Crippen LogP contribution in [0.15, 0.2) is 29.3 Å². The number of rotatable bonds is 2. The summed E-state index contributed by atoms with van der Waals surface area (Å²) in [7, 11) is 4.01. The smallest absolute Gasteiger partial charge is 0.0852 e. The maximum atomic E-state index is 4.56. The molecule has 0 aliphatic heterocycles. The number of aliphatic imine (C=N–C) groups is 1. The van der Waals surface area contributed by atoms with Crippen molar-refractivity contribution in [2.45, 2.75) is 18.9 Å². The molecule has 0 radical (unpaired) electrons. The molecule has 2 nitrogen and oxygen atoms in total. The summed E-state index contributed by atoms with van der Waals surface area (Å²) in [5.41, 5.74) is 2.87. The highest BCUT2D eigenvalue weighted by atomic mass is 15.1. The molecule has 0 aromatic heterocycles. The van der Waals surface area contributed by atoms with Gasteiger partial charge in [-0.15, -0.1) is 0 Å². The fourth-order valence-electron chi connectivity index (χ4n) is 1.90. The Balaban J connectivity index is 2.18. The molecule has 0 bridgehead atoms. The van der Waals surface area contributed by atoms with Crippen molar-refractivity contribution in [3.63, 3.8) is 0 Å². The summed E-state index contributed by atoms with van der Waals surface area (Å²) in [6.07, 6.45) is 4.24. The van der Waals surface area contributed by atoms with Gasteiger partial charge in [-0.1, -0.05) is 24.3 Å². The second-order valence-electron chi connectivity index (χ2n) is 3.98. The fourth-order valence-corrected chi connectivity index (χ4v) is 1.90. The standard InChI is InChI=1S/C12H16N2/c1-14(2)9-13-12-8-7-10-5-3-4-6-11(10)12/h3-6,9,12H,7-8H2,1-2H3. The van der Waals surface area contributed by atoms with Gasteiger partial charge in [-0.2, -0.15) is 0 Å². The molecule has 74 valence electrons. The summed E-state index contributed by atoms with van der Waals surface area (Å²) >= 11 is 0. The van der Waals surface area contributed by atoms with E-state index in [2.05, 4.69) is 29.3 Å². The third-order valence-corrected chi connectivity index (χ3v) is 2.58. The van der Waals surface area contributed by atoms with Crippen molar-refractivity contribution in [2.24, 2.45) is 4.99 Å². The topological polar surface area (TPSA) is 15.6 Å². The molecule has 1 aromatic rings. The molecule has 0 N–H and O–H groups in total. The lowest BCUT2D eigenvalue weighted by Crippen LogP contribution is -2.08. The Bertz CT molecular complexity index is 342. The molecule has 0 fully saturated rings. The van der Waals surface area contributed by atoms with Crippen molar-refractivity contribution >= 4 is 6.34 Å². The molecule has 2 heteroatoms. The Morgan fingerprint density at radius 2 is 2.14 bits per heavy atom. The van der Waals surface area contributed by atoms with E-state index in [-0.39, 0.29) is 0 Å². The predicted molar refractivity (Wildman–Crippen MR) is 59.7 cm³/mol. The van der Waals surface area contributed by atoms with Gasteiger partial charge in [0.05, 0.1) is 12.4 Å². The molecule has 1 aromatic carbocycles. The Morgan fingerprint density at radius 1 is 1.36 bits per heavy atom. The highest BCUT2D eigenvalue weighted by Gasteiger charge is 2.20. The van der Waals surface area contributed by atoms with Crippen molar-refractivity contribution in [1.82, 2.24) is 4.90 Å². The Morgan fingerprint density at radius 3 is 2.93 bits per heavy atom. The van der Waals surface area contributed by atoms with Crippen LogP contribution in [0.25, 0.3) is 0 Å². The van der Waals surface area contributed by atoms with Crippen LogP contribution in [0.5, 0.6) is 0 Å². The first kappa shape index (κ1) is 9.25. The molecule has 0 spiro atoms. The summed E-state index contributed by atoms with van der Waals surface area (Å²) in [6, 6.07) is 8.99. The minimum absolute atomic E-state index is 0.383. The van der Waals surface area contributed by atoms with Crippen LogP contribution in [0.3, 0.4) is 0 Å². The van der Waals surface area contributed by atoms with Crippen molar-refractivity contribution in [3.8, 4) is 0 Å². The van der Waals surface area contributed by atoms with E-state index in [1.165, 1.54) is 17.5 Å². The fraction of sp³-hybridized carbons (Fsp3) is 0.417. The van der Waals surface area contributed by atoms with Crippen LogP contribution in [-0.4, -0.2) is 25.3 Å². The van der Waals surface area contributed by atoms with Crippen LogP contribution in [0, 0.1) is 0 Å². The summed E-state index contributed by atoms with van der Waals surface area (Å²) in [6.45, 7) is 0. The van der Waals surface area contributed by atoms with Gasteiger partial charge in [0.15, 0.2) is 0 Å². The number of fused-ring (bicyclic) bond motifs is 1. The lowest BCUT2D eigenvalue weighted by molar-refractivity contribution is 0.621. The molecule has 1 unspecified atom stereocenters. The number of benzene rings is 1. The van der Waals surface area contributed by atoms with Gasteiger partial charge in [0, 0.05) is 14.1 Å². The molecule has 14 heavy (non-hydrogen) atoms. The minimum Gasteiger partial charge on any atom is -0.369 e. The number of hydrogen-bond donors (Lipinski definition) is 0. The van der Waals surface area contributed by atoms with E-state index in [0.29, 0.717) is 6.04 Å². The Kier molecular flexibility index (Phi) is 2.53. The maximum absolute atomic E-state index is 4.56. The molecule has 2 rings (SSSR count). The lowest BCUT2D eigenvalue weighted by atomic mass is 10.1. The van der Waals surface area contributed by atoms with E-state index in [1.807, 2.05) is 25.3 Å². The van der Waals surface area contributed by atoms with Crippen LogP contribution < -0.4 is 0 Å². The van der Waals surface area contributed by atoms with Crippen LogP contribution in [0.2, 0.25) is 0 Å². The van der Waals surface area contributed by atoms with Gasteiger partial charge in [-0.3, -0.25) is 4.99 Å². The number of aryl methyl sites for hydroxylation is 1. The van der Waals surface area contributed by atoms with E-state index < -0.39 is 0 Å². The van der Waals surface area contributed by atoms with Gasteiger partial charge in [0.25, 0.3) is 0 Å².